The van der Waals surface area contributed by atoms with Crippen molar-refractivity contribution in [2.75, 3.05) is 0 Å². The summed E-state index contributed by atoms with van der Waals surface area (Å²) < 4.78 is 0. The van der Waals surface area contributed by atoms with Gasteiger partial charge >= 0.3 is 21.7 Å². The van der Waals surface area contributed by atoms with Gasteiger partial charge in [0.25, 0.3) is 14.1 Å². The summed E-state index contributed by atoms with van der Waals surface area (Å²) in [4.78, 5) is 0. The van der Waals surface area contributed by atoms with Crippen LogP contribution in [-0.2, 0) is 21.7 Å². The summed E-state index contributed by atoms with van der Waals surface area (Å²) in [5.41, 5.74) is 0. The molecule has 0 aliphatic carbocycles. The van der Waals surface area contributed by atoms with Crippen LogP contribution in [0.1, 0.15) is 20.8 Å². The van der Waals surface area contributed by atoms with Crippen molar-refractivity contribution >= 4 is 14.1 Å². The molecule has 0 nitrogen and oxygen atoms in total. The molecular formula is C6H15AlCl3Ti. The Morgan fingerprint density at radius 1 is 0.727 bits per heavy atom. The van der Waals surface area contributed by atoms with E-state index in [9.17, 15) is 0 Å². The molecule has 1 radical (unpaired) electrons. The van der Waals surface area contributed by atoms with Crippen molar-refractivity contribution in [2.45, 2.75) is 36.6 Å². The van der Waals surface area contributed by atoms with Gasteiger partial charge in [0.15, 0.2) is 0 Å². The van der Waals surface area contributed by atoms with E-state index in [2.05, 4.69) is 20.8 Å². The molecule has 0 spiro atoms. The van der Waals surface area contributed by atoms with Crippen LogP contribution >= 0.6 is 0 Å². The largest absolute Gasteiger partial charge is 3.00 e. The smallest absolute Gasteiger partial charge is 1.00 e. The standard InChI is InChI=1S/3C2H5.Al.3ClH.Ti/c3*1-2;;;;;/h3*1H2,2H3;;3*1H;/q;;;;;;;+3/p-3. The molecule has 0 rings (SSSR count). The quantitative estimate of drug-likeness (QED) is 0.447. The first-order valence-corrected chi connectivity index (χ1v) is 5.80. The van der Waals surface area contributed by atoms with Gasteiger partial charge in [-0.25, -0.2) is 0 Å². The van der Waals surface area contributed by atoms with Crippen molar-refractivity contribution in [3.63, 3.8) is 0 Å². The fraction of sp³-hybridized carbons (Fsp3) is 1.00. The van der Waals surface area contributed by atoms with Crippen molar-refractivity contribution in [2.24, 2.45) is 0 Å². The zero-order valence-electron chi connectivity index (χ0n) is 7.33. The first kappa shape index (κ1) is 29.2. The second kappa shape index (κ2) is 22.7. The third-order valence-electron chi connectivity index (χ3n) is 1.73. The number of rotatable bonds is 3. The molecule has 11 heavy (non-hydrogen) atoms. The van der Waals surface area contributed by atoms with E-state index in [0.29, 0.717) is 0 Å². The van der Waals surface area contributed by atoms with Gasteiger partial charge in [-0.15, -0.1) is 0 Å². The molecule has 0 unspecified atom stereocenters. The van der Waals surface area contributed by atoms with Crippen LogP contribution in [0.2, 0.25) is 15.8 Å². The van der Waals surface area contributed by atoms with Crippen LogP contribution in [0, 0.1) is 0 Å². The monoisotopic (exact) mass is 267 g/mol. The van der Waals surface area contributed by atoms with Crippen molar-refractivity contribution < 1.29 is 58.9 Å². The van der Waals surface area contributed by atoms with Crippen molar-refractivity contribution in [1.29, 1.82) is 0 Å². The van der Waals surface area contributed by atoms with Crippen molar-refractivity contribution in [3.05, 3.63) is 0 Å². The third kappa shape index (κ3) is 18.8. The normalized spacial score (nSPS) is 5.73. The van der Waals surface area contributed by atoms with Crippen LogP contribution in [0.25, 0.3) is 0 Å². The van der Waals surface area contributed by atoms with Gasteiger partial charge in [0.2, 0.25) is 0 Å². The van der Waals surface area contributed by atoms with Crippen LogP contribution in [0.5, 0.6) is 0 Å². The van der Waals surface area contributed by atoms with Crippen LogP contribution in [0.4, 0.5) is 0 Å². The Morgan fingerprint density at radius 3 is 0.909 bits per heavy atom. The molecular weight excluding hydrogens is 253 g/mol. The van der Waals surface area contributed by atoms with Gasteiger partial charge in [-0.05, 0) is 0 Å². The predicted octanol–water partition coefficient (Wildman–Crippen LogP) is -6.45. The summed E-state index contributed by atoms with van der Waals surface area (Å²) in [7, 11) is 0. The van der Waals surface area contributed by atoms with Gasteiger partial charge in [0.05, 0.1) is 0 Å². The maximum atomic E-state index is 2.32. The maximum Gasteiger partial charge on any atom is 3.00 e. The van der Waals surface area contributed by atoms with Gasteiger partial charge in [-0.3, -0.25) is 0 Å². The van der Waals surface area contributed by atoms with Crippen LogP contribution in [0.15, 0.2) is 0 Å². The fourth-order valence-corrected chi connectivity index (χ4v) is 2.60. The van der Waals surface area contributed by atoms with Gasteiger partial charge < -0.3 is 37.2 Å². The fourth-order valence-electron chi connectivity index (χ4n) is 0.866. The molecule has 5 heteroatoms. The molecule has 0 atom stereocenters. The molecule has 0 N–H and O–H groups in total. The average molecular weight is 268 g/mol. The molecule has 0 aromatic rings. The molecule has 0 saturated heterocycles. The number of hydrogen-bond acceptors (Lipinski definition) is 0. The molecule has 0 aliphatic rings. The minimum atomic E-state index is -0.171. The third-order valence-corrected chi connectivity index (χ3v) is 5.20. The Balaban J connectivity index is -0.0000000300. The van der Waals surface area contributed by atoms with E-state index in [0.717, 1.165) is 0 Å². The van der Waals surface area contributed by atoms with Gasteiger partial charge in [-0.2, -0.15) is 0 Å². The minimum absolute atomic E-state index is 0. The Hall–Kier alpha value is 2.12. The number of halogens is 3. The van der Waals surface area contributed by atoms with Crippen molar-refractivity contribution in [1.82, 2.24) is 0 Å². The summed E-state index contributed by atoms with van der Waals surface area (Å²) in [6.07, 6.45) is 0. The van der Waals surface area contributed by atoms with Gasteiger partial charge in [-0.1, -0.05) is 36.6 Å². The molecule has 0 aliphatic heterocycles. The minimum Gasteiger partial charge on any atom is -1.00 e. The van der Waals surface area contributed by atoms with Crippen LogP contribution < -0.4 is 37.2 Å². The van der Waals surface area contributed by atoms with Gasteiger partial charge in [0.1, 0.15) is 0 Å². The summed E-state index contributed by atoms with van der Waals surface area (Å²) in [5, 5.41) is 4.48. The first-order valence-electron chi connectivity index (χ1n) is 3.35. The summed E-state index contributed by atoms with van der Waals surface area (Å²) >= 11 is -0.171. The molecule has 0 heterocycles. The Morgan fingerprint density at radius 2 is 0.909 bits per heavy atom. The van der Waals surface area contributed by atoms with E-state index in [4.69, 9.17) is 0 Å². The molecule has 67 valence electrons. The summed E-state index contributed by atoms with van der Waals surface area (Å²) in [6.45, 7) is 6.97. The SMILES string of the molecule is C[CH2][Al]([CH2]C)[CH2]C.[Cl-].[Cl-].[Cl-].[Ti+3]. The van der Waals surface area contributed by atoms with E-state index < -0.39 is 0 Å². The Kier molecular flexibility index (Phi) is 60.4. The molecule has 0 saturated carbocycles. The topological polar surface area (TPSA) is 0 Å². The molecule has 0 amide bonds. The van der Waals surface area contributed by atoms with E-state index in [1.54, 1.807) is 0 Å². The van der Waals surface area contributed by atoms with E-state index in [1.165, 1.54) is 15.8 Å². The zero-order chi connectivity index (χ0) is 5.70. The number of hydrogen-bond donors (Lipinski definition) is 0. The van der Waals surface area contributed by atoms with Crippen molar-refractivity contribution in [3.8, 4) is 0 Å². The second-order valence-electron chi connectivity index (χ2n) is 2.09. The summed E-state index contributed by atoms with van der Waals surface area (Å²) in [5.74, 6) is 0. The average Bonchev–Trinajstić information content (AvgIpc) is 1.72. The summed E-state index contributed by atoms with van der Waals surface area (Å²) in [6, 6.07) is 0. The maximum absolute atomic E-state index is 2.32. The molecule has 0 aromatic carbocycles. The predicted molar refractivity (Wildman–Crippen MR) is 37.2 cm³/mol. The van der Waals surface area contributed by atoms with Gasteiger partial charge in [0, 0.05) is 0 Å². The van der Waals surface area contributed by atoms with Crippen LogP contribution in [0.3, 0.4) is 0 Å². The second-order valence-corrected chi connectivity index (χ2v) is 6.27. The van der Waals surface area contributed by atoms with E-state index in [-0.39, 0.29) is 73.1 Å². The Labute approximate surface area is 109 Å². The molecule has 0 aromatic heterocycles. The van der Waals surface area contributed by atoms with Crippen LogP contribution in [-0.4, -0.2) is 14.1 Å². The van der Waals surface area contributed by atoms with E-state index >= 15 is 0 Å². The zero-order valence-corrected chi connectivity index (χ0v) is 12.3. The molecule has 0 fully saturated rings. The van der Waals surface area contributed by atoms with E-state index in [1.807, 2.05) is 0 Å². The molecule has 0 bridgehead atoms. The Bertz CT molecular complexity index is 39.3. The first-order chi connectivity index (χ1) is 3.35.